The zero-order chi connectivity index (χ0) is 36.1. The molecule has 0 saturated heterocycles. The van der Waals surface area contributed by atoms with E-state index < -0.39 is 35.5 Å². The van der Waals surface area contributed by atoms with Crippen molar-refractivity contribution in [2.75, 3.05) is 46.2 Å². The Balaban J connectivity index is 1.53. The smallest absolute Gasteiger partial charge is 0.408 e. The summed E-state index contributed by atoms with van der Waals surface area (Å²) >= 11 is 0. The van der Waals surface area contributed by atoms with Crippen LogP contribution in [-0.4, -0.2) is 81.3 Å². The summed E-state index contributed by atoms with van der Waals surface area (Å²) in [6.45, 7) is 13.6. The van der Waals surface area contributed by atoms with Crippen LogP contribution in [0.25, 0.3) is 0 Å². The predicted molar refractivity (Wildman–Crippen MR) is 186 cm³/mol. The van der Waals surface area contributed by atoms with Crippen molar-refractivity contribution in [1.82, 2.24) is 16.0 Å². The highest BCUT2D eigenvalue weighted by Crippen LogP contribution is 2.19. The third kappa shape index (κ3) is 18.9. The largest absolute Gasteiger partial charge is 0.444 e. The van der Waals surface area contributed by atoms with E-state index in [0.717, 1.165) is 0 Å². The van der Waals surface area contributed by atoms with Crippen LogP contribution >= 0.6 is 0 Å². The van der Waals surface area contributed by atoms with Gasteiger partial charge in [0.2, 0.25) is 5.91 Å². The number of hydrogen-bond donors (Lipinski definition) is 3. The molecule has 0 fully saturated rings. The van der Waals surface area contributed by atoms with E-state index in [1.807, 2.05) is 36.4 Å². The molecular formula is C37H55N3O9. The Morgan fingerprint density at radius 1 is 0.571 bits per heavy atom. The van der Waals surface area contributed by atoms with Crippen molar-refractivity contribution in [3.8, 4) is 0 Å². The summed E-state index contributed by atoms with van der Waals surface area (Å²) in [6.07, 6.45) is 0.917. The fraction of sp³-hybridized carbons (Fsp3) is 0.568. The quantitative estimate of drug-likeness (QED) is 0.138. The van der Waals surface area contributed by atoms with Crippen LogP contribution in [0, 0.1) is 0 Å². The molecule has 3 N–H and O–H groups in total. The summed E-state index contributed by atoms with van der Waals surface area (Å²) in [5, 5.41) is 8.21. The van der Waals surface area contributed by atoms with Crippen LogP contribution in [0.5, 0.6) is 0 Å². The molecule has 12 heteroatoms. The lowest BCUT2D eigenvalue weighted by Gasteiger charge is -2.23. The summed E-state index contributed by atoms with van der Waals surface area (Å²) in [7, 11) is 0. The second kappa shape index (κ2) is 21.9. The Labute approximate surface area is 290 Å². The summed E-state index contributed by atoms with van der Waals surface area (Å²) in [5.41, 5.74) is 0.0180. The molecule has 0 aliphatic heterocycles. The van der Waals surface area contributed by atoms with Crippen LogP contribution < -0.4 is 16.0 Å². The third-order valence-electron chi connectivity index (χ3n) is 6.64. The van der Waals surface area contributed by atoms with Gasteiger partial charge in [0.15, 0.2) is 5.78 Å². The van der Waals surface area contributed by atoms with Gasteiger partial charge in [0.25, 0.3) is 0 Å². The molecule has 3 amide bonds. The topological polar surface area (TPSA) is 151 Å². The maximum absolute atomic E-state index is 13.0. The number of ether oxygens (including phenoxy) is 5. The molecule has 2 atom stereocenters. The number of Topliss-reactive ketones (excluding diaryl/α,β-unsaturated/α-hetero) is 1. The van der Waals surface area contributed by atoms with Gasteiger partial charge in [-0.2, -0.15) is 0 Å². The van der Waals surface area contributed by atoms with Crippen molar-refractivity contribution < 1.29 is 42.9 Å². The second-order valence-electron chi connectivity index (χ2n) is 13.4. The van der Waals surface area contributed by atoms with Crippen LogP contribution in [0.3, 0.4) is 0 Å². The van der Waals surface area contributed by atoms with E-state index >= 15 is 0 Å². The van der Waals surface area contributed by atoms with Gasteiger partial charge in [0.05, 0.1) is 26.4 Å². The van der Waals surface area contributed by atoms with Crippen molar-refractivity contribution in [2.45, 2.75) is 90.5 Å². The highest BCUT2D eigenvalue weighted by Gasteiger charge is 2.26. The lowest BCUT2D eigenvalue weighted by atomic mass is 9.99. The minimum atomic E-state index is -0.879. The number of hydrogen-bond acceptors (Lipinski definition) is 9. The molecule has 272 valence electrons. The van der Waals surface area contributed by atoms with E-state index in [1.165, 1.54) is 0 Å². The van der Waals surface area contributed by atoms with Gasteiger partial charge in [-0.25, -0.2) is 9.59 Å². The van der Waals surface area contributed by atoms with Gasteiger partial charge in [-0.3, -0.25) is 9.59 Å². The number of carbonyl (C=O) groups excluding carboxylic acids is 4. The minimum Gasteiger partial charge on any atom is -0.444 e. The average molecular weight is 686 g/mol. The highest BCUT2D eigenvalue weighted by molar-refractivity contribution is 5.88. The van der Waals surface area contributed by atoms with Crippen molar-refractivity contribution in [2.24, 2.45) is 0 Å². The van der Waals surface area contributed by atoms with Crippen LogP contribution in [0.1, 0.15) is 90.4 Å². The Bertz CT molecular complexity index is 1160. The molecule has 0 aromatic heterocycles. The summed E-state index contributed by atoms with van der Waals surface area (Å²) in [4.78, 5) is 50.5. The molecule has 12 nitrogen and oxygen atoms in total. The molecule has 0 aliphatic carbocycles. The van der Waals surface area contributed by atoms with Crippen LogP contribution in [0.4, 0.5) is 9.59 Å². The number of carbonyl (C=O) groups is 4. The van der Waals surface area contributed by atoms with E-state index in [0.29, 0.717) is 83.0 Å². The molecule has 2 aromatic carbocycles. The summed E-state index contributed by atoms with van der Waals surface area (Å²) < 4.78 is 27.4. The van der Waals surface area contributed by atoms with Gasteiger partial charge in [0, 0.05) is 26.2 Å². The average Bonchev–Trinajstić information content (AvgIpc) is 3.03. The highest BCUT2D eigenvalue weighted by atomic mass is 16.6. The maximum Gasteiger partial charge on any atom is 0.408 e. The number of benzene rings is 2. The van der Waals surface area contributed by atoms with E-state index in [4.69, 9.17) is 23.7 Å². The van der Waals surface area contributed by atoms with Gasteiger partial charge in [-0.05, 0) is 71.9 Å². The second-order valence-corrected chi connectivity index (χ2v) is 13.4. The molecule has 0 spiro atoms. The molecule has 0 bridgehead atoms. The fourth-order valence-corrected chi connectivity index (χ4v) is 4.47. The monoisotopic (exact) mass is 685 g/mol. The van der Waals surface area contributed by atoms with Gasteiger partial charge in [-0.15, -0.1) is 0 Å². The van der Waals surface area contributed by atoms with E-state index in [9.17, 15) is 19.2 Å². The number of ketones is 1. The minimum absolute atomic E-state index is 0.0886. The van der Waals surface area contributed by atoms with Crippen molar-refractivity contribution in [1.29, 1.82) is 0 Å². The molecule has 0 aliphatic rings. The molecule has 49 heavy (non-hydrogen) atoms. The van der Waals surface area contributed by atoms with Crippen molar-refractivity contribution in [3.63, 3.8) is 0 Å². The first-order valence-corrected chi connectivity index (χ1v) is 16.9. The van der Waals surface area contributed by atoms with Gasteiger partial charge < -0.3 is 39.6 Å². The number of alkyl carbamates (subject to hydrolysis) is 2. The maximum atomic E-state index is 13.0. The summed E-state index contributed by atoms with van der Waals surface area (Å²) in [5.74, 6) is -0.423. The lowest BCUT2D eigenvalue weighted by molar-refractivity contribution is -0.123. The number of amides is 3. The number of rotatable bonds is 21. The predicted octanol–water partition coefficient (Wildman–Crippen LogP) is 5.81. The standard InChI is InChI=1S/C37H55N3O9/c1-36(2,3)48-34(43)39-31(28-16-9-7-10-17-28)30(41)20-13-14-22-45-24-26-47-27-25-46-23-15-21-38-33(42)32(29-18-11-8-12-19-29)40-35(44)49-37(4,5)6/h7-12,16-19,31-32H,13-15,20-27H2,1-6H3,(H,38,42)(H,39,43)(H,40,44)/t31-,32-/m0/s1. The first-order valence-electron chi connectivity index (χ1n) is 16.9. The molecule has 2 aromatic rings. The van der Waals surface area contributed by atoms with Crippen molar-refractivity contribution in [3.05, 3.63) is 71.8 Å². The zero-order valence-corrected chi connectivity index (χ0v) is 29.9. The number of nitrogens with one attached hydrogen (secondary N) is 3. The first-order chi connectivity index (χ1) is 23.2. The van der Waals surface area contributed by atoms with E-state index in [-0.39, 0.29) is 11.7 Å². The molecule has 2 rings (SSSR count). The molecule has 0 saturated carbocycles. The van der Waals surface area contributed by atoms with Crippen LogP contribution in [0.2, 0.25) is 0 Å². The van der Waals surface area contributed by atoms with Crippen LogP contribution in [-0.2, 0) is 33.3 Å². The Morgan fingerprint density at radius 2 is 1.00 bits per heavy atom. The van der Waals surface area contributed by atoms with Gasteiger partial charge in [0.1, 0.15) is 23.3 Å². The fourth-order valence-electron chi connectivity index (χ4n) is 4.47. The molecule has 0 radical (unpaired) electrons. The van der Waals surface area contributed by atoms with E-state index in [1.54, 1.807) is 65.8 Å². The molecule has 0 unspecified atom stereocenters. The Kier molecular flexibility index (Phi) is 18.4. The van der Waals surface area contributed by atoms with Crippen LogP contribution in [0.15, 0.2) is 60.7 Å². The van der Waals surface area contributed by atoms with E-state index in [2.05, 4.69) is 16.0 Å². The lowest BCUT2D eigenvalue weighted by Crippen LogP contribution is -2.42. The zero-order valence-electron chi connectivity index (χ0n) is 29.9. The Hall–Kier alpha value is -4.00. The third-order valence-corrected chi connectivity index (χ3v) is 6.64. The Morgan fingerprint density at radius 3 is 1.49 bits per heavy atom. The normalized spacial score (nSPS) is 12.8. The van der Waals surface area contributed by atoms with Gasteiger partial charge >= 0.3 is 12.2 Å². The van der Waals surface area contributed by atoms with Crippen molar-refractivity contribution >= 4 is 23.9 Å². The first kappa shape index (κ1) is 41.2. The number of unbranched alkanes of at least 4 members (excludes halogenated alkanes) is 1. The molecule has 0 heterocycles. The molecular weight excluding hydrogens is 630 g/mol. The summed E-state index contributed by atoms with van der Waals surface area (Å²) in [6, 6.07) is 16.5. The SMILES string of the molecule is CC(C)(C)OC(=O)N[C@H](C(=O)CCCCOCCOCCOCCCNC(=O)[C@@H](NC(=O)OC(C)(C)C)c1ccccc1)c1ccccc1. The van der Waals surface area contributed by atoms with Gasteiger partial charge in [-0.1, -0.05) is 60.7 Å².